The molecule has 1 aliphatic heterocycles. The van der Waals surface area contributed by atoms with Crippen molar-refractivity contribution in [1.29, 1.82) is 5.26 Å². The summed E-state index contributed by atoms with van der Waals surface area (Å²) in [6.45, 7) is 3.52. The summed E-state index contributed by atoms with van der Waals surface area (Å²) in [4.78, 5) is 13.5. The maximum Gasteiger partial charge on any atom is 0.217 e. The minimum atomic E-state index is 0.0551. The van der Waals surface area contributed by atoms with Crippen LogP contribution < -0.4 is 5.32 Å². The lowest BCUT2D eigenvalue weighted by Gasteiger charge is -2.30. The molecule has 0 aromatic heterocycles. The van der Waals surface area contributed by atoms with E-state index in [1.165, 1.54) is 19.3 Å². The summed E-state index contributed by atoms with van der Waals surface area (Å²) < 4.78 is 0. The molecule has 2 rings (SSSR count). The predicted octanol–water partition coefficient (Wildman–Crippen LogP) is 1.67. The molecule has 3 atom stereocenters. The molecule has 0 bridgehead atoms. The molecular weight excluding hydrogens is 226 g/mol. The number of hydrogen-bond acceptors (Lipinski definition) is 3. The average Bonchev–Trinajstić information content (AvgIpc) is 2.64. The van der Waals surface area contributed by atoms with Gasteiger partial charge in [-0.2, -0.15) is 5.26 Å². The van der Waals surface area contributed by atoms with Crippen LogP contribution in [0.5, 0.6) is 0 Å². The Hall–Kier alpha value is -1.08. The lowest BCUT2D eigenvalue weighted by atomic mass is 9.95. The number of rotatable bonds is 2. The topological polar surface area (TPSA) is 56.1 Å². The zero-order valence-corrected chi connectivity index (χ0v) is 11.2. The van der Waals surface area contributed by atoms with Gasteiger partial charge in [-0.1, -0.05) is 19.3 Å². The Kier molecular flexibility index (Phi) is 4.60. The summed E-state index contributed by atoms with van der Waals surface area (Å²) in [5, 5.41) is 12.3. The monoisotopic (exact) mass is 249 g/mol. The van der Waals surface area contributed by atoms with Crippen LogP contribution in [-0.2, 0) is 4.79 Å². The molecule has 0 spiro atoms. The molecule has 0 aromatic carbocycles. The number of nitriles is 1. The normalized spacial score (nSPS) is 33.7. The van der Waals surface area contributed by atoms with E-state index in [0.29, 0.717) is 6.04 Å². The zero-order chi connectivity index (χ0) is 13.0. The first-order valence-corrected chi connectivity index (χ1v) is 7.11. The number of hydrogen-bond donors (Lipinski definition) is 1. The molecule has 0 aromatic rings. The predicted molar refractivity (Wildman–Crippen MR) is 69.8 cm³/mol. The van der Waals surface area contributed by atoms with Crippen LogP contribution in [0.25, 0.3) is 0 Å². The molecule has 2 fully saturated rings. The molecule has 1 heterocycles. The summed E-state index contributed by atoms with van der Waals surface area (Å²) in [6, 6.07) is 3.19. The average molecular weight is 249 g/mol. The van der Waals surface area contributed by atoms with Gasteiger partial charge in [-0.15, -0.1) is 0 Å². The van der Waals surface area contributed by atoms with Crippen molar-refractivity contribution in [2.75, 3.05) is 13.1 Å². The summed E-state index contributed by atoms with van der Waals surface area (Å²) in [5.41, 5.74) is 0. The third-order valence-corrected chi connectivity index (χ3v) is 4.24. The number of likely N-dealkylation sites (tertiary alicyclic amines) is 1. The molecule has 1 aliphatic carbocycles. The van der Waals surface area contributed by atoms with Crippen LogP contribution in [0.15, 0.2) is 0 Å². The minimum Gasteiger partial charge on any atom is -0.352 e. The highest BCUT2D eigenvalue weighted by atomic mass is 16.1. The molecule has 100 valence electrons. The molecule has 4 nitrogen and oxygen atoms in total. The zero-order valence-electron chi connectivity index (χ0n) is 11.2. The van der Waals surface area contributed by atoms with E-state index in [0.717, 1.165) is 32.4 Å². The van der Waals surface area contributed by atoms with Crippen molar-refractivity contribution in [1.82, 2.24) is 10.2 Å². The van der Waals surface area contributed by atoms with Gasteiger partial charge in [-0.25, -0.2) is 0 Å². The molecule has 1 saturated carbocycles. The third-order valence-electron chi connectivity index (χ3n) is 4.24. The first-order chi connectivity index (χ1) is 8.70. The van der Waals surface area contributed by atoms with Crippen molar-refractivity contribution in [3.8, 4) is 6.07 Å². The Morgan fingerprint density at radius 3 is 2.78 bits per heavy atom. The van der Waals surface area contributed by atoms with E-state index < -0.39 is 0 Å². The Labute approximate surface area is 109 Å². The van der Waals surface area contributed by atoms with E-state index in [1.54, 1.807) is 6.92 Å². The Balaban J connectivity index is 1.94. The lowest BCUT2D eigenvalue weighted by molar-refractivity contribution is -0.119. The lowest BCUT2D eigenvalue weighted by Crippen LogP contribution is -2.41. The Morgan fingerprint density at radius 2 is 2.06 bits per heavy atom. The highest BCUT2D eigenvalue weighted by molar-refractivity contribution is 5.73. The van der Waals surface area contributed by atoms with E-state index >= 15 is 0 Å². The van der Waals surface area contributed by atoms with Gasteiger partial charge in [0.05, 0.1) is 12.0 Å². The van der Waals surface area contributed by atoms with Crippen LogP contribution in [-0.4, -0.2) is 36.0 Å². The fraction of sp³-hybridized carbons (Fsp3) is 0.857. The van der Waals surface area contributed by atoms with E-state index in [4.69, 9.17) is 0 Å². The molecule has 0 radical (unpaired) electrons. The van der Waals surface area contributed by atoms with Crippen LogP contribution in [0.3, 0.4) is 0 Å². The van der Waals surface area contributed by atoms with Crippen LogP contribution in [0.2, 0.25) is 0 Å². The molecule has 18 heavy (non-hydrogen) atoms. The molecule has 1 N–H and O–H groups in total. The number of carbonyl (C=O) groups excluding carboxylic acids is 1. The number of amides is 1. The minimum absolute atomic E-state index is 0.0551. The molecule has 3 unspecified atom stereocenters. The van der Waals surface area contributed by atoms with Gasteiger partial charge in [0, 0.05) is 32.1 Å². The fourth-order valence-electron chi connectivity index (χ4n) is 3.37. The summed E-state index contributed by atoms with van der Waals surface area (Å²) in [5.74, 6) is 0.239. The smallest absolute Gasteiger partial charge is 0.217 e. The fourth-order valence-corrected chi connectivity index (χ4v) is 3.37. The van der Waals surface area contributed by atoms with Crippen molar-refractivity contribution in [2.24, 2.45) is 5.92 Å². The van der Waals surface area contributed by atoms with Gasteiger partial charge < -0.3 is 5.32 Å². The quantitative estimate of drug-likeness (QED) is 0.757. The second-order valence-electron chi connectivity index (χ2n) is 5.62. The highest BCUT2D eigenvalue weighted by Crippen LogP contribution is 2.29. The maximum atomic E-state index is 11.1. The summed E-state index contributed by atoms with van der Waals surface area (Å²) >= 11 is 0. The van der Waals surface area contributed by atoms with Gasteiger partial charge >= 0.3 is 0 Å². The van der Waals surface area contributed by atoms with Gasteiger partial charge in [0.15, 0.2) is 0 Å². The largest absolute Gasteiger partial charge is 0.352 e. The van der Waals surface area contributed by atoms with Gasteiger partial charge in [0.2, 0.25) is 5.91 Å². The second kappa shape index (κ2) is 6.19. The van der Waals surface area contributed by atoms with Crippen molar-refractivity contribution in [3.63, 3.8) is 0 Å². The SMILES string of the molecule is CC(=O)NC1CCN(C2CCCCCC2C#N)C1. The highest BCUT2D eigenvalue weighted by Gasteiger charge is 2.33. The van der Waals surface area contributed by atoms with Crippen LogP contribution in [0, 0.1) is 17.2 Å². The van der Waals surface area contributed by atoms with E-state index in [1.807, 2.05) is 0 Å². The van der Waals surface area contributed by atoms with Gasteiger partial charge in [0.1, 0.15) is 0 Å². The standard InChI is InChI=1S/C14H23N3O/c1-11(18)16-13-7-8-17(10-13)14-6-4-2-3-5-12(14)9-15/h12-14H,2-8,10H2,1H3,(H,16,18). The number of carbonyl (C=O) groups is 1. The Morgan fingerprint density at radius 1 is 1.28 bits per heavy atom. The van der Waals surface area contributed by atoms with Crippen molar-refractivity contribution in [3.05, 3.63) is 0 Å². The third kappa shape index (κ3) is 3.23. The first-order valence-electron chi connectivity index (χ1n) is 7.11. The van der Waals surface area contributed by atoms with E-state index in [-0.39, 0.29) is 17.9 Å². The molecule has 4 heteroatoms. The van der Waals surface area contributed by atoms with Crippen LogP contribution in [0.1, 0.15) is 45.4 Å². The second-order valence-corrected chi connectivity index (χ2v) is 5.62. The van der Waals surface area contributed by atoms with Crippen LogP contribution >= 0.6 is 0 Å². The van der Waals surface area contributed by atoms with Crippen molar-refractivity contribution < 1.29 is 4.79 Å². The van der Waals surface area contributed by atoms with Gasteiger partial charge in [-0.3, -0.25) is 9.69 Å². The van der Waals surface area contributed by atoms with Gasteiger partial charge in [0.25, 0.3) is 0 Å². The molecular formula is C14H23N3O. The Bertz CT molecular complexity index is 336. The first kappa shape index (κ1) is 13.4. The van der Waals surface area contributed by atoms with Crippen LogP contribution in [0.4, 0.5) is 0 Å². The molecule has 2 aliphatic rings. The van der Waals surface area contributed by atoms with Crippen molar-refractivity contribution >= 4 is 5.91 Å². The summed E-state index contributed by atoms with van der Waals surface area (Å²) in [7, 11) is 0. The molecule has 1 amide bonds. The van der Waals surface area contributed by atoms with Crippen molar-refractivity contribution in [2.45, 2.75) is 57.5 Å². The maximum absolute atomic E-state index is 11.1. The van der Waals surface area contributed by atoms with E-state index in [2.05, 4.69) is 16.3 Å². The number of nitrogens with one attached hydrogen (secondary N) is 1. The van der Waals surface area contributed by atoms with E-state index in [9.17, 15) is 10.1 Å². The number of nitrogens with zero attached hydrogens (tertiary/aromatic N) is 2. The molecule has 1 saturated heterocycles. The summed E-state index contributed by atoms with van der Waals surface area (Å²) in [6.07, 6.45) is 6.90. The van der Waals surface area contributed by atoms with Gasteiger partial charge in [-0.05, 0) is 19.3 Å².